The summed E-state index contributed by atoms with van der Waals surface area (Å²) in [5.41, 5.74) is 4.11. The van der Waals surface area contributed by atoms with E-state index in [1.54, 1.807) is 32.9 Å². The van der Waals surface area contributed by atoms with Gasteiger partial charge in [0.05, 0.1) is 12.8 Å². The summed E-state index contributed by atoms with van der Waals surface area (Å²) >= 11 is 0. The van der Waals surface area contributed by atoms with Crippen LogP contribution in [0.4, 0.5) is 0 Å². The number of carbonyl (C=O) groups excluding carboxylic acids is 4. The van der Waals surface area contributed by atoms with E-state index in [4.69, 9.17) is 10.1 Å². The third-order valence-corrected chi connectivity index (χ3v) is 4.98. The van der Waals surface area contributed by atoms with E-state index in [1.165, 1.54) is 18.2 Å². The van der Waals surface area contributed by atoms with E-state index in [2.05, 4.69) is 16.1 Å². The minimum Gasteiger partial charge on any atom is -0.468 e. The molecule has 0 aromatic carbocycles. The van der Waals surface area contributed by atoms with Crippen molar-refractivity contribution < 1.29 is 23.9 Å². The zero-order valence-electron chi connectivity index (χ0n) is 20.4. The van der Waals surface area contributed by atoms with Crippen molar-refractivity contribution in [3.8, 4) is 0 Å². The summed E-state index contributed by atoms with van der Waals surface area (Å²) in [4.78, 5) is 49.6. The van der Waals surface area contributed by atoms with Crippen molar-refractivity contribution in [1.82, 2.24) is 21.1 Å². The number of hydrogen-bond donors (Lipinski definition) is 4. The number of carbonyl (C=O) groups is 4. The van der Waals surface area contributed by atoms with Crippen LogP contribution in [0.1, 0.15) is 53.9 Å². The molecule has 0 bridgehead atoms. The van der Waals surface area contributed by atoms with Crippen molar-refractivity contribution in [3.05, 3.63) is 23.8 Å². The molecule has 3 amide bonds. The molecule has 0 radical (unpaired) electrons. The first kappa shape index (κ1) is 28.0. The van der Waals surface area contributed by atoms with Crippen molar-refractivity contribution in [2.45, 2.75) is 72.0 Å². The zero-order valence-corrected chi connectivity index (χ0v) is 20.4. The van der Waals surface area contributed by atoms with Gasteiger partial charge in [-0.05, 0) is 51.7 Å². The minimum atomic E-state index is -0.857. The Morgan fingerprint density at radius 1 is 1.18 bits per heavy atom. The number of nitrogens with one attached hydrogen (secondary N) is 4. The summed E-state index contributed by atoms with van der Waals surface area (Å²) in [5.74, 6) is -1.87. The Morgan fingerprint density at radius 3 is 2.42 bits per heavy atom. The van der Waals surface area contributed by atoms with Gasteiger partial charge >= 0.3 is 5.97 Å². The second-order valence-corrected chi connectivity index (χ2v) is 8.64. The third kappa shape index (κ3) is 9.56. The van der Waals surface area contributed by atoms with E-state index in [9.17, 15) is 19.2 Å². The molecule has 0 spiro atoms. The molecule has 1 rings (SSSR count). The molecule has 0 unspecified atom stereocenters. The summed E-state index contributed by atoms with van der Waals surface area (Å²) in [5, 5.41) is 14.4. The van der Waals surface area contributed by atoms with Crippen LogP contribution in [-0.2, 0) is 23.9 Å². The second-order valence-electron chi connectivity index (χ2n) is 8.64. The van der Waals surface area contributed by atoms with Gasteiger partial charge in [-0.1, -0.05) is 25.5 Å². The van der Waals surface area contributed by atoms with Crippen molar-refractivity contribution in [2.75, 3.05) is 13.7 Å². The number of allylic oxidation sites excluding steroid dienone is 3. The fourth-order valence-corrected chi connectivity index (χ4v) is 3.28. The maximum Gasteiger partial charge on any atom is 0.324 e. The average Bonchev–Trinajstić information content (AvgIpc) is 2.75. The van der Waals surface area contributed by atoms with E-state index in [-0.39, 0.29) is 29.9 Å². The van der Waals surface area contributed by atoms with Gasteiger partial charge in [0.2, 0.25) is 11.8 Å². The lowest BCUT2D eigenvalue weighted by Crippen LogP contribution is -2.60. The van der Waals surface area contributed by atoms with E-state index < -0.39 is 30.0 Å². The lowest BCUT2D eigenvalue weighted by molar-refractivity contribution is -0.150. The molecule has 1 aliphatic rings. The Morgan fingerprint density at radius 2 is 1.85 bits per heavy atom. The Hall–Kier alpha value is -3.01. The van der Waals surface area contributed by atoms with Crippen LogP contribution < -0.4 is 16.1 Å². The number of ether oxygens (including phenoxy) is 1. The number of methoxy groups -OCH3 is 1. The number of esters is 1. The summed E-state index contributed by atoms with van der Waals surface area (Å²) in [6.07, 6.45) is 5.99. The molecular weight excluding hydrogens is 426 g/mol. The van der Waals surface area contributed by atoms with Crippen molar-refractivity contribution in [1.29, 1.82) is 5.41 Å². The molecule has 10 heteroatoms. The smallest absolute Gasteiger partial charge is 0.324 e. The Bertz CT molecular complexity index is 801. The van der Waals surface area contributed by atoms with E-state index in [0.717, 1.165) is 5.57 Å². The van der Waals surface area contributed by atoms with Crippen molar-refractivity contribution in [3.63, 3.8) is 0 Å². The Kier molecular flexibility index (Phi) is 11.5. The molecule has 1 heterocycles. The van der Waals surface area contributed by atoms with Gasteiger partial charge in [0.25, 0.3) is 5.91 Å². The monoisotopic (exact) mass is 463 g/mol. The zero-order chi connectivity index (χ0) is 25.1. The van der Waals surface area contributed by atoms with Gasteiger partial charge in [-0.3, -0.25) is 24.2 Å². The van der Waals surface area contributed by atoms with Crippen LogP contribution in [0.2, 0.25) is 0 Å². The fourth-order valence-electron chi connectivity index (χ4n) is 3.28. The highest BCUT2D eigenvalue weighted by molar-refractivity contribution is 6.02. The average molecular weight is 464 g/mol. The molecule has 0 aliphatic carbocycles. The quantitative estimate of drug-likeness (QED) is 0.284. The largest absolute Gasteiger partial charge is 0.468 e. The number of hydrazine groups is 1. The van der Waals surface area contributed by atoms with Crippen LogP contribution in [-0.4, -0.2) is 66.2 Å². The molecular formula is C23H37N5O5. The Labute approximate surface area is 195 Å². The van der Waals surface area contributed by atoms with Crippen molar-refractivity contribution in [2.24, 2.45) is 5.92 Å². The Balaban J connectivity index is 2.67. The molecule has 10 nitrogen and oxygen atoms in total. The SMILES string of the molecule is COC(=O)[C@@H]1CCCN(C(=O)[C@H](C)NC(=O)[C@@H](NC(=O)C/C=C/C(=N)C=C(C)C)C(C)C)N1. The number of rotatable bonds is 10. The van der Waals surface area contributed by atoms with Gasteiger partial charge in [0.1, 0.15) is 18.1 Å². The summed E-state index contributed by atoms with van der Waals surface area (Å²) < 4.78 is 4.73. The molecule has 3 atom stereocenters. The predicted molar refractivity (Wildman–Crippen MR) is 125 cm³/mol. The van der Waals surface area contributed by atoms with Crippen LogP contribution >= 0.6 is 0 Å². The first-order chi connectivity index (χ1) is 15.5. The highest BCUT2D eigenvalue weighted by Crippen LogP contribution is 2.10. The molecule has 1 saturated heterocycles. The van der Waals surface area contributed by atoms with Crippen LogP contribution in [0.5, 0.6) is 0 Å². The summed E-state index contributed by atoms with van der Waals surface area (Å²) in [6.45, 7) is 9.32. The van der Waals surface area contributed by atoms with E-state index in [1.807, 2.05) is 13.8 Å². The molecule has 33 heavy (non-hydrogen) atoms. The normalized spacial score (nSPS) is 17.8. The van der Waals surface area contributed by atoms with E-state index >= 15 is 0 Å². The van der Waals surface area contributed by atoms with Crippen LogP contribution in [0.25, 0.3) is 0 Å². The van der Waals surface area contributed by atoms with Gasteiger partial charge in [-0.25, -0.2) is 5.43 Å². The second kappa shape index (κ2) is 13.5. The molecule has 4 N–H and O–H groups in total. The third-order valence-electron chi connectivity index (χ3n) is 4.98. The molecule has 1 fully saturated rings. The fraction of sp³-hybridized carbons (Fsp3) is 0.609. The molecule has 0 aromatic rings. The number of nitrogens with zero attached hydrogens (tertiary/aromatic N) is 1. The van der Waals surface area contributed by atoms with Crippen LogP contribution in [0, 0.1) is 11.3 Å². The van der Waals surface area contributed by atoms with Gasteiger partial charge in [-0.15, -0.1) is 0 Å². The lowest BCUT2D eigenvalue weighted by Gasteiger charge is -2.34. The van der Waals surface area contributed by atoms with E-state index in [0.29, 0.717) is 19.4 Å². The van der Waals surface area contributed by atoms with Gasteiger partial charge in [0.15, 0.2) is 0 Å². The lowest BCUT2D eigenvalue weighted by atomic mass is 10.0. The number of hydrogen-bond acceptors (Lipinski definition) is 7. The molecule has 1 aliphatic heterocycles. The first-order valence-electron chi connectivity index (χ1n) is 11.1. The topological polar surface area (TPSA) is 141 Å². The van der Waals surface area contributed by atoms with Gasteiger partial charge in [0, 0.05) is 13.0 Å². The van der Waals surface area contributed by atoms with Crippen LogP contribution in [0.15, 0.2) is 23.8 Å². The highest BCUT2D eigenvalue weighted by Gasteiger charge is 2.32. The standard InChI is InChI=1S/C23H37N5O5/c1-14(2)13-17(24)9-7-11-19(29)26-20(15(3)4)21(30)25-16(5)22(31)28-12-8-10-18(27-28)23(32)33-6/h7,9,13,15-16,18,20,24,27H,8,10-12H2,1-6H3,(H,25,30)(H,26,29)/b9-7+,24-17?/t16-,18-,20-/m0/s1. The van der Waals surface area contributed by atoms with Gasteiger partial charge < -0.3 is 20.8 Å². The molecule has 0 saturated carbocycles. The number of amides is 3. The molecule has 184 valence electrons. The molecule has 0 aromatic heterocycles. The summed E-state index contributed by atoms with van der Waals surface area (Å²) in [6, 6.07) is -2.29. The highest BCUT2D eigenvalue weighted by atomic mass is 16.5. The van der Waals surface area contributed by atoms with Gasteiger partial charge in [-0.2, -0.15) is 0 Å². The predicted octanol–water partition coefficient (Wildman–Crippen LogP) is 1.23. The maximum atomic E-state index is 12.8. The maximum absolute atomic E-state index is 12.8. The summed E-state index contributed by atoms with van der Waals surface area (Å²) in [7, 11) is 1.29. The van der Waals surface area contributed by atoms with Crippen molar-refractivity contribution >= 4 is 29.4 Å². The first-order valence-corrected chi connectivity index (χ1v) is 11.1. The van der Waals surface area contributed by atoms with Crippen LogP contribution in [0.3, 0.4) is 0 Å². The minimum absolute atomic E-state index is 0.0244.